The van der Waals surface area contributed by atoms with Crippen LogP contribution in [0, 0.1) is 0 Å². The molecule has 0 amide bonds. The Kier molecular flexibility index (Phi) is 61.6. The number of carbonyl (C=O) groups is 3. The minimum absolute atomic E-state index is 0.0700. The summed E-state index contributed by atoms with van der Waals surface area (Å²) in [5, 5.41) is 0. The Morgan fingerprint density at radius 2 is 0.486 bits per heavy atom. The molecule has 0 aromatic rings. The summed E-state index contributed by atoms with van der Waals surface area (Å²) in [6.45, 7) is 6.61. The van der Waals surface area contributed by atoms with E-state index in [-0.39, 0.29) is 31.1 Å². The molecule has 0 aliphatic heterocycles. The lowest BCUT2D eigenvalue weighted by atomic mass is 10.0. The van der Waals surface area contributed by atoms with Crippen LogP contribution < -0.4 is 0 Å². The molecule has 0 spiro atoms. The molecule has 0 aliphatic rings. The zero-order valence-corrected chi connectivity index (χ0v) is 50.1. The molecule has 0 radical (unpaired) electrons. The zero-order valence-electron chi connectivity index (χ0n) is 50.1. The first-order valence-corrected chi connectivity index (χ1v) is 33.3. The van der Waals surface area contributed by atoms with Crippen LogP contribution >= 0.6 is 0 Å². The second-order valence-electron chi connectivity index (χ2n) is 22.7. The Hall–Kier alpha value is -2.11. The minimum atomic E-state index is -0.770. The van der Waals surface area contributed by atoms with Crippen LogP contribution in [0.4, 0.5) is 0 Å². The molecular formula is C68H128O6. The van der Waals surface area contributed by atoms with Crippen LogP contribution in [0.3, 0.4) is 0 Å². The third kappa shape index (κ3) is 60.8. The van der Waals surface area contributed by atoms with Crippen molar-refractivity contribution in [3.8, 4) is 0 Å². The highest BCUT2D eigenvalue weighted by atomic mass is 16.6. The van der Waals surface area contributed by atoms with Gasteiger partial charge in [-0.2, -0.15) is 0 Å². The van der Waals surface area contributed by atoms with Gasteiger partial charge in [0.2, 0.25) is 0 Å². The summed E-state index contributed by atoms with van der Waals surface area (Å²) in [6, 6.07) is 0. The fourth-order valence-electron chi connectivity index (χ4n) is 10.2. The van der Waals surface area contributed by atoms with Crippen molar-refractivity contribution in [3.63, 3.8) is 0 Å². The highest BCUT2D eigenvalue weighted by Crippen LogP contribution is 2.18. The predicted molar refractivity (Wildman–Crippen MR) is 321 cm³/mol. The molecule has 0 saturated carbocycles. The lowest BCUT2D eigenvalue weighted by molar-refractivity contribution is -0.167. The summed E-state index contributed by atoms with van der Waals surface area (Å²) < 4.78 is 16.8. The van der Waals surface area contributed by atoms with Crippen molar-refractivity contribution in [2.24, 2.45) is 0 Å². The van der Waals surface area contributed by atoms with Crippen LogP contribution in [-0.2, 0) is 28.6 Å². The van der Waals surface area contributed by atoms with Crippen molar-refractivity contribution in [2.75, 3.05) is 13.2 Å². The number of unbranched alkanes of at least 4 members (excludes halogenated alkanes) is 47. The van der Waals surface area contributed by atoms with Crippen LogP contribution in [-0.4, -0.2) is 37.2 Å². The monoisotopic (exact) mass is 1040 g/mol. The van der Waals surface area contributed by atoms with E-state index in [2.05, 4.69) is 45.1 Å². The molecule has 6 nitrogen and oxygen atoms in total. The van der Waals surface area contributed by atoms with E-state index in [0.29, 0.717) is 19.3 Å². The van der Waals surface area contributed by atoms with Gasteiger partial charge in [-0.05, 0) is 51.4 Å². The molecule has 1 atom stereocenters. The average molecular weight is 1040 g/mol. The smallest absolute Gasteiger partial charge is 0.306 e. The summed E-state index contributed by atoms with van der Waals surface area (Å²) in [5.41, 5.74) is 0. The van der Waals surface area contributed by atoms with Crippen LogP contribution in [0.2, 0.25) is 0 Å². The van der Waals surface area contributed by atoms with Gasteiger partial charge in [-0.1, -0.05) is 328 Å². The molecule has 0 N–H and O–H groups in total. The first kappa shape index (κ1) is 71.9. The molecule has 436 valence electrons. The van der Waals surface area contributed by atoms with Gasteiger partial charge in [-0.3, -0.25) is 14.4 Å². The topological polar surface area (TPSA) is 78.9 Å². The van der Waals surface area contributed by atoms with Crippen molar-refractivity contribution in [2.45, 2.75) is 380 Å². The first-order chi connectivity index (χ1) is 36.5. The van der Waals surface area contributed by atoms with E-state index in [1.165, 1.54) is 263 Å². The molecule has 0 aliphatic carbocycles. The van der Waals surface area contributed by atoms with Crippen LogP contribution in [0.15, 0.2) is 24.3 Å². The van der Waals surface area contributed by atoms with Crippen molar-refractivity contribution in [1.82, 2.24) is 0 Å². The Bertz CT molecular complexity index is 1190. The Labute approximate surface area is 462 Å². The maximum absolute atomic E-state index is 12.8. The van der Waals surface area contributed by atoms with Gasteiger partial charge in [-0.25, -0.2) is 0 Å². The summed E-state index contributed by atoms with van der Waals surface area (Å²) in [4.78, 5) is 38.0. The van der Waals surface area contributed by atoms with Gasteiger partial charge in [0.15, 0.2) is 6.10 Å². The first-order valence-electron chi connectivity index (χ1n) is 33.3. The molecule has 1 unspecified atom stereocenters. The van der Waals surface area contributed by atoms with Crippen molar-refractivity contribution < 1.29 is 28.6 Å². The Morgan fingerprint density at radius 1 is 0.270 bits per heavy atom. The number of ether oxygens (including phenoxy) is 3. The molecular weight excluding hydrogens is 913 g/mol. The number of carbonyl (C=O) groups excluding carboxylic acids is 3. The Morgan fingerprint density at radius 3 is 0.770 bits per heavy atom. The Balaban J connectivity index is 3.91. The SMILES string of the molecule is CCCCC/C=C\C/C=C\CCCCCCCCCC(=O)OC(COC(=O)CCCCCCCC)COC(=O)CCCCCCCCCCCCCCCCCCCCCCCCCCCCCCCCCCC. The van der Waals surface area contributed by atoms with Crippen LogP contribution in [0.1, 0.15) is 374 Å². The minimum Gasteiger partial charge on any atom is -0.462 e. The summed E-state index contributed by atoms with van der Waals surface area (Å²) in [6.07, 6.45) is 76.8. The molecule has 0 aromatic heterocycles. The van der Waals surface area contributed by atoms with Crippen LogP contribution in [0.5, 0.6) is 0 Å². The largest absolute Gasteiger partial charge is 0.462 e. The van der Waals surface area contributed by atoms with Crippen molar-refractivity contribution >= 4 is 17.9 Å². The van der Waals surface area contributed by atoms with E-state index in [0.717, 1.165) is 70.6 Å². The lowest BCUT2D eigenvalue weighted by Gasteiger charge is -2.18. The molecule has 0 bridgehead atoms. The van der Waals surface area contributed by atoms with Crippen molar-refractivity contribution in [3.05, 3.63) is 24.3 Å². The number of hydrogen-bond donors (Lipinski definition) is 0. The van der Waals surface area contributed by atoms with Gasteiger partial charge in [0.25, 0.3) is 0 Å². The molecule has 0 saturated heterocycles. The van der Waals surface area contributed by atoms with E-state index >= 15 is 0 Å². The highest BCUT2D eigenvalue weighted by Gasteiger charge is 2.19. The number of rotatable bonds is 62. The zero-order chi connectivity index (χ0) is 53.6. The van der Waals surface area contributed by atoms with Gasteiger partial charge in [-0.15, -0.1) is 0 Å². The number of esters is 3. The van der Waals surface area contributed by atoms with Crippen LogP contribution in [0.25, 0.3) is 0 Å². The van der Waals surface area contributed by atoms with E-state index < -0.39 is 6.10 Å². The normalized spacial score (nSPS) is 12.1. The predicted octanol–water partition coefficient (Wildman–Crippen LogP) is 22.6. The molecule has 0 rings (SSSR count). The summed E-state index contributed by atoms with van der Waals surface area (Å²) in [5.74, 6) is -0.866. The summed E-state index contributed by atoms with van der Waals surface area (Å²) >= 11 is 0. The maximum Gasteiger partial charge on any atom is 0.306 e. The van der Waals surface area contributed by atoms with Gasteiger partial charge >= 0.3 is 17.9 Å². The second-order valence-corrected chi connectivity index (χ2v) is 22.7. The third-order valence-electron chi connectivity index (χ3n) is 15.2. The van der Waals surface area contributed by atoms with E-state index in [1.807, 2.05) is 0 Å². The third-order valence-corrected chi connectivity index (χ3v) is 15.2. The van der Waals surface area contributed by atoms with E-state index in [4.69, 9.17) is 14.2 Å². The molecule has 0 fully saturated rings. The number of allylic oxidation sites excluding steroid dienone is 4. The van der Waals surface area contributed by atoms with Gasteiger partial charge < -0.3 is 14.2 Å². The molecule has 0 aromatic carbocycles. The lowest BCUT2D eigenvalue weighted by Crippen LogP contribution is -2.30. The summed E-state index contributed by atoms with van der Waals surface area (Å²) in [7, 11) is 0. The van der Waals surface area contributed by atoms with E-state index in [1.54, 1.807) is 0 Å². The molecule has 0 heterocycles. The maximum atomic E-state index is 12.8. The van der Waals surface area contributed by atoms with Gasteiger partial charge in [0.1, 0.15) is 13.2 Å². The quantitative estimate of drug-likeness (QED) is 0.0261. The standard InChI is InChI=1S/C68H128O6/c1-4-7-10-13-16-18-20-22-24-26-27-28-29-30-31-32-33-34-35-36-37-38-39-40-41-43-44-46-48-50-52-55-58-61-67(70)73-64-65(63-72-66(69)60-57-54-15-12-9-6-3)74-68(71)62-59-56-53-51-49-47-45-42-25-23-21-19-17-14-11-8-5-2/h17,19,23,25,65H,4-16,18,20-22,24,26-64H2,1-3H3/b19-17-,25-23-. The number of hydrogen-bond acceptors (Lipinski definition) is 6. The van der Waals surface area contributed by atoms with Gasteiger partial charge in [0.05, 0.1) is 0 Å². The van der Waals surface area contributed by atoms with Gasteiger partial charge in [0, 0.05) is 19.3 Å². The fraction of sp³-hybridized carbons (Fsp3) is 0.897. The molecule has 6 heteroatoms. The highest BCUT2D eigenvalue weighted by molar-refractivity contribution is 5.71. The fourth-order valence-corrected chi connectivity index (χ4v) is 10.2. The van der Waals surface area contributed by atoms with E-state index in [9.17, 15) is 14.4 Å². The van der Waals surface area contributed by atoms with Crippen molar-refractivity contribution in [1.29, 1.82) is 0 Å². The average Bonchev–Trinajstić information content (AvgIpc) is 3.40. The molecule has 74 heavy (non-hydrogen) atoms. The second kappa shape index (κ2) is 63.4.